The van der Waals surface area contributed by atoms with Crippen molar-refractivity contribution in [2.75, 3.05) is 58.9 Å². The van der Waals surface area contributed by atoms with Gasteiger partial charge in [-0.1, -0.05) is 44.2 Å². The van der Waals surface area contributed by atoms with Gasteiger partial charge in [0.05, 0.1) is 25.9 Å². The molecule has 1 spiro atoms. The lowest BCUT2D eigenvalue weighted by Crippen LogP contribution is -2.81. The predicted octanol–water partition coefficient (Wildman–Crippen LogP) is 3.12. The lowest BCUT2D eigenvalue weighted by molar-refractivity contribution is -0.201. The number of para-hydroxylation sites is 1. The van der Waals surface area contributed by atoms with Crippen molar-refractivity contribution in [3.05, 3.63) is 70.9 Å². The molecule has 2 saturated heterocycles. The SMILES string of the molecule is CC[C@]1(O)CCCN(CCc2c([C@@](C)(C(=O)OC)c3cc4c(cc3OC)N(C)C3[C@]45CCN4CC=C[C@](CC)(C45)[C@@H](O)[C@]3(O)C(N)=O)[nH]c3ccccc23)C1. The van der Waals surface area contributed by atoms with Crippen LogP contribution >= 0.6 is 0 Å². The van der Waals surface area contributed by atoms with Crippen molar-refractivity contribution in [2.24, 2.45) is 11.1 Å². The molecule has 0 bridgehead atoms. The maximum atomic E-state index is 14.6. The van der Waals surface area contributed by atoms with Crippen LogP contribution in [0.4, 0.5) is 5.69 Å². The van der Waals surface area contributed by atoms with Crippen LogP contribution in [0.3, 0.4) is 0 Å². The van der Waals surface area contributed by atoms with Crippen molar-refractivity contribution < 1.29 is 34.4 Å². The van der Waals surface area contributed by atoms with Crippen molar-refractivity contribution in [3.8, 4) is 5.75 Å². The molecule has 3 aromatic rings. The first-order chi connectivity index (χ1) is 26.2. The number of aliphatic hydroxyl groups is 3. The third-order valence-corrected chi connectivity index (χ3v) is 14.8. The van der Waals surface area contributed by atoms with Gasteiger partial charge in [-0.2, -0.15) is 0 Å². The minimum atomic E-state index is -2.29. The van der Waals surface area contributed by atoms with Crippen molar-refractivity contribution in [3.63, 3.8) is 0 Å². The van der Waals surface area contributed by atoms with E-state index in [1.165, 1.54) is 7.11 Å². The maximum Gasteiger partial charge on any atom is 0.322 e. The van der Waals surface area contributed by atoms with E-state index in [1.807, 2.05) is 75.2 Å². The van der Waals surface area contributed by atoms with E-state index in [9.17, 15) is 24.9 Å². The van der Waals surface area contributed by atoms with Crippen LogP contribution in [-0.4, -0.2) is 125 Å². The van der Waals surface area contributed by atoms with Crippen LogP contribution in [-0.2, 0) is 31.6 Å². The molecule has 8 rings (SSSR count). The second kappa shape index (κ2) is 13.1. The summed E-state index contributed by atoms with van der Waals surface area (Å²) >= 11 is 0. The van der Waals surface area contributed by atoms with Gasteiger partial charge in [-0.25, -0.2) is 0 Å². The molecule has 12 heteroatoms. The molecule has 2 unspecified atom stereocenters. The Bertz CT molecular complexity index is 2070. The number of nitrogens with two attached hydrogens (primary N) is 1. The van der Waals surface area contributed by atoms with Crippen molar-refractivity contribution in [1.82, 2.24) is 14.8 Å². The number of β-amino-alcohol motifs (C(OH)–C–C–N with tert-alkyl or cyclic N) is 1. The van der Waals surface area contributed by atoms with E-state index in [2.05, 4.69) is 20.9 Å². The molecule has 55 heavy (non-hydrogen) atoms. The average Bonchev–Trinajstić information content (AvgIpc) is 3.85. The highest BCUT2D eigenvalue weighted by Gasteiger charge is 2.78. The highest BCUT2D eigenvalue weighted by Crippen LogP contribution is 2.67. The number of methoxy groups -OCH3 is 2. The second-order valence-corrected chi connectivity index (χ2v) is 17.1. The zero-order valence-electron chi connectivity index (χ0n) is 33.0. The van der Waals surface area contributed by atoms with Gasteiger partial charge in [0.2, 0.25) is 0 Å². The number of likely N-dealkylation sites (tertiary alicyclic amines) is 1. The largest absolute Gasteiger partial charge is 0.496 e. The molecular formula is C43H57N5O7. The fourth-order valence-corrected chi connectivity index (χ4v) is 12.1. The highest BCUT2D eigenvalue weighted by molar-refractivity contribution is 5.94. The molecule has 2 aromatic carbocycles. The number of ether oxygens (including phenoxy) is 2. The van der Waals surface area contributed by atoms with Crippen LogP contribution in [0, 0.1) is 5.41 Å². The zero-order valence-corrected chi connectivity index (χ0v) is 33.0. The molecule has 0 radical (unpaired) electrons. The normalized spacial score (nSPS) is 33.9. The fourth-order valence-electron chi connectivity index (χ4n) is 12.1. The van der Waals surface area contributed by atoms with Crippen LogP contribution in [0.25, 0.3) is 10.9 Å². The quantitative estimate of drug-likeness (QED) is 0.154. The lowest BCUT2D eigenvalue weighted by Gasteiger charge is -2.63. The number of H-pyrrole nitrogens is 1. The average molecular weight is 756 g/mol. The standard InChI is InChI=1S/C43H57N5O7/c1-7-40(52)16-11-19-47(25-40)21-15-27-26-13-9-10-14-30(26)45-33(27)39(3,38(51)55-6)29-23-28-31(24-32(29)54-5)46(4)35-42(28)18-22-48-20-12-17-41(8-2,34(42)48)36(49)43(35,53)37(44)50/h9-10,12-14,17,23-24,34-36,45,49,52-53H,7-8,11,15-16,18-22,25H2,1-6H3,(H2,44,50)/t34?,35?,36-,39+,40+,41-,42-,43+/m1/s1. The van der Waals surface area contributed by atoms with Gasteiger partial charge in [-0.15, -0.1) is 0 Å². The second-order valence-electron chi connectivity index (χ2n) is 17.1. The van der Waals surface area contributed by atoms with Crippen LogP contribution in [0.5, 0.6) is 5.75 Å². The van der Waals surface area contributed by atoms with Gasteiger partial charge in [0.15, 0.2) is 5.60 Å². The number of primary amides is 1. The predicted molar refractivity (Wildman–Crippen MR) is 210 cm³/mol. The molecule has 4 aliphatic heterocycles. The third-order valence-electron chi connectivity index (χ3n) is 14.8. The van der Waals surface area contributed by atoms with Gasteiger partial charge in [0, 0.05) is 77.5 Å². The summed E-state index contributed by atoms with van der Waals surface area (Å²) in [6.45, 7) is 9.46. The number of rotatable bonds is 10. The Morgan fingerprint density at radius 2 is 1.84 bits per heavy atom. The number of piperidine rings is 1. The molecule has 1 aliphatic carbocycles. The van der Waals surface area contributed by atoms with E-state index < -0.39 is 51.5 Å². The summed E-state index contributed by atoms with van der Waals surface area (Å²) in [6, 6.07) is 10.9. The molecule has 5 aliphatic rings. The number of carbonyl (C=O) groups excluding carboxylic acids is 2. The van der Waals surface area contributed by atoms with E-state index in [0.29, 0.717) is 68.9 Å². The highest BCUT2D eigenvalue weighted by atomic mass is 16.5. The number of likely N-dealkylation sites (N-methyl/N-ethyl adjacent to an activating group) is 1. The van der Waals surface area contributed by atoms with Gasteiger partial charge >= 0.3 is 5.97 Å². The van der Waals surface area contributed by atoms with Gasteiger partial charge in [0.25, 0.3) is 5.91 Å². The minimum absolute atomic E-state index is 0.265. The number of hydrogen-bond acceptors (Lipinski definition) is 10. The van der Waals surface area contributed by atoms with Gasteiger partial charge in [-0.05, 0) is 81.8 Å². The zero-order chi connectivity index (χ0) is 39.3. The number of fused-ring (bicyclic) bond motifs is 2. The van der Waals surface area contributed by atoms with Gasteiger partial charge < -0.3 is 45.3 Å². The van der Waals surface area contributed by atoms with E-state index >= 15 is 0 Å². The maximum absolute atomic E-state index is 14.6. The number of aromatic amines is 1. The lowest BCUT2D eigenvalue weighted by atomic mass is 9.47. The summed E-state index contributed by atoms with van der Waals surface area (Å²) in [5, 5.41) is 37.0. The van der Waals surface area contributed by atoms with E-state index in [0.717, 1.165) is 47.1 Å². The van der Waals surface area contributed by atoms with E-state index in [4.69, 9.17) is 15.2 Å². The first-order valence-corrected chi connectivity index (χ1v) is 19.9. The van der Waals surface area contributed by atoms with Crippen LogP contribution in [0.15, 0.2) is 48.6 Å². The van der Waals surface area contributed by atoms with Crippen LogP contribution in [0.2, 0.25) is 0 Å². The molecule has 6 N–H and O–H groups in total. The number of esters is 1. The molecule has 5 heterocycles. The molecule has 1 amide bonds. The number of aromatic nitrogens is 1. The Balaban J connectivity index is 1.34. The van der Waals surface area contributed by atoms with Crippen molar-refractivity contribution >= 4 is 28.5 Å². The number of amides is 1. The Morgan fingerprint density at radius 3 is 2.53 bits per heavy atom. The number of aliphatic hydroxyl groups excluding tert-OH is 1. The number of nitrogens with zero attached hydrogens (tertiary/aromatic N) is 3. The van der Waals surface area contributed by atoms with E-state index in [1.54, 1.807) is 7.11 Å². The summed E-state index contributed by atoms with van der Waals surface area (Å²) in [6.07, 6.45) is 6.68. The topological polar surface area (TPSA) is 165 Å². The first-order valence-electron chi connectivity index (χ1n) is 19.9. The Hall–Kier alpha value is -3.94. The Kier molecular flexibility index (Phi) is 9.01. The molecule has 1 aromatic heterocycles. The van der Waals surface area contributed by atoms with Crippen molar-refractivity contribution in [1.29, 1.82) is 0 Å². The van der Waals surface area contributed by atoms with Crippen molar-refractivity contribution in [2.45, 2.75) is 99.5 Å². The van der Waals surface area contributed by atoms with Crippen LogP contribution in [0.1, 0.15) is 75.3 Å². The first kappa shape index (κ1) is 38.0. The molecule has 296 valence electrons. The smallest absolute Gasteiger partial charge is 0.322 e. The molecular weight excluding hydrogens is 699 g/mol. The number of benzene rings is 2. The monoisotopic (exact) mass is 755 g/mol. The summed E-state index contributed by atoms with van der Waals surface area (Å²) in [5.74, 6) is -0.986. The number of carbonyl (C=O) groups is 2. The number of nitrogens with one attached hydrogen (secondary N) is 1. The molecule has 1 saturated carbocycles. The van der Waals surface area contributed by atoms with E-state index in [-0.39, 0.29) is 6.04 Å². The minimum Gasteiger partial charge on any atom is -0.496 e. The van der Waals surface area contributed by atoms with Crippen LogP contribution < -0.4 is 15.4 Å². The third kappa shape index (κ3) is 4.94. The summed E-state index contributed by atoms with van der Waals surface area (Å²) in [4.78, 5) is 38.5. The molecule has 3 fully saturated rings. The van der Waals surface area contributed by atoms with Gasteiger partial charge in [0.1, 0.15) is 17.3 Å². The number of hydrogen-bond donors (Lipinski definition) is 5. The summed E-state index contributed by atoms with van der Waals surface area (Å²) in [7, 11) is 4.82. The number of anilines is 1. The molecule has 12 nitrogen and oxygen atoms in total. The fraction of sp³-hybridized carbons (Fsp3) is 0.581. The van der Waals surface area contributed by atoms with Gasteiger partial charge in [-0.3, -0.25) is 14.5 Å². The molecule has 8 atom stereocenters. The Morgan fingerprint density at radius 1 is 1.07 bits per heavy atom. The Labute approximate surface area is 323 Å². The summed E-state index contributed by atoms with van der Waals surface area (Å²) < 4.78 is 11.9. The summed E-state index contributed by atoms with van der Waals surface area (Å²) in [5.41, 5.74) is 4.72.